The van der Waals surface area contributed by atoms with Crippen molar-refractivity contribution >= 4 is 10.1 Å². The number of nitrogens with zero attached hydrogens (tertiary/aromatic N) is 13. The summed E-state index contributed by atoms with van der Waals surface area (Å²) in [5.41, 5.74) is -1.97. The fourth-order valence-electron chi connectivity index (χ4n) is 11.4. The first-order valence-electron chi connectivity index (χ1n) is 29.5. The number of aromatic amines is 4. The first-order valence-corrected chi connectivity index (χ1v) is 30.9. The maximum absolute atomic E-state index is 13.2. The molecule has 0 spiro atoms. The van der Waals surface area contributed by atoms with E-state index in [-0.39, 0.29) is 86.7 Å². The van der Waals surface area contributed by atoms with Gasteiger partial charge in [0.05, 0.1) is 94.0 Å². The van der Waals surface area contributed by atoms with E-state index in [1.165, 1.54) is 76.2 Å². The van der Waals surface area contributed by atoms with Gasteiger partial charge in [-0.1, -0.05) is 33.3 Å². The van der Waals surface area contributed by atoms with E-state index in [1.807, 2.05) is 6.92 Å². The molecule has 0 saturated carbocycles. The highest BCUT2D eigenvalue weighted by atomic mass is 32.2. The number of aryl methyl sites for hydroxylation is 5. The Morgan fingerprint density at radius 2 is 0.785 bits per heavy atom. The van der Waals surface area contributed by atoms with Gasteiger partial charge in [0.1, 0.15) is 66.4 Å². The summed E-state index contributed by atoms with van der Waals surface area (Å²) in [7, 11) is -4.24. The minimum Gasteiger partial charge on any atom is -0.390 e. The summed E-state index contributed by atoms with van der Waals surface area (Å²) in [5, 5.41) is 36.6. The average Bonchev–Trinajstić information content (AvgIpc) is 1.71. The molecular formula is C56H65N17O19S. The maximum atomic E-state index is 13.2. The number of rotatable bonds is 23. The highest BCUT2D eigenvalue weighted by Gasteiger charge is 2.43. The Hall–Kier alpha value is -9.05. The van der Waals surface area contributed by atoms with Gasteiger partial charge in [-0.3, -0.25) is 61.6 Å². The molecule has 0 bridgehead atoms. The van der Waals surface area contributed by atoms with Crippen LogP contribution >= 0.6 is 0 Å². The molecule has 93 heavy (non-hydrogen) atoms. The van der Waals surface area contributed by atoms with Crippen LogP contribution in [0.2, 0.25) is 0 Å². The summed E-state index contributed by atoms with van der Waals surface area (Å²) in [5.74, 6) is 0. The van der Waals surface area contributed by atoms with Crippen LogP contribution in [0.5, 0.6) is 0 Å². The van der Waals surface area contributed by atoms with Crippen LogP contribution in [0.25, 0.3) is 0 Å². The Balaban J connectivity index is 0.707. The summed E-state index contributed by atoms with van der Waals surface area (Å²) in [6.07, 6.45) is 0.581. The third-order valence-corrected chi connectivity index (χ3v) is 17.8. The molecule has 8 aromatic rings. The van der Waals surface area contributed by atoms with Gasteiger partial charge in [-0.2, -0.15) is 8.42 Å². The Morgan fingerprint density at radius 1 is 0.462 bits per heavy atom. The standard InChI is InChI=1S/C56H65N17O19S/c1-28-6-8-36(9-7-28)93(83,84)88-27-44-40(13-48(92-44)73-17-32(5)52(78)60-56(73)82)87-26-35-20-69(66-63-35)23-43-39(12-47(91-43)72-16-31(4)51(77)59-55(72)81)86-25-34-19-68(65-62-34)22-42-38(11-46(90-42)71-15-30(3)50(76)58-54(71)80)85-24-33-18-67(64-61-33)21-41-37(74)10-45(89-41)70-14-29(2)49(75)57-53(70)79/h6-9,14-20,37-48,74H,10-13,21-27H2,1-5H3,(H,57,75,79)(H,58,76,80)(H,59,77,81)(H,60,78,82)/t37-,38-,39-,40-,41+,42+,43+,44+,45+,46+,47+,48+/m0/s1. The average molecular weight is 1310 g/mol. The van der Waals surface area contributed by atoms with Gasteiger partial charge in [-0.15, -0.1) is 15.3 Å². The minimum absolute atomic E-state index is 0.0331. The van der Waals surface area contributed by atoms with Gasteiger partial charge < -0.3 is 38.3 Å². The molecule has 36 nitrogen and oxygen atoms in total. The lowest BCUT2D eigenvalue weighted by Gasteiger charge is -2.19. The van der Waals surface area contributed by atoms with Crippen LogP contribution in [-0.4, -0.2) is 152 Å². The summed E-state index contributed by atoms with van der Waals surface area (Å²) in [4.78, 5) is 110. The van der Waals surface area contributed by atoms with Crippen LogP contribution in [0, 0.1) is 34.6 Å². The lowest BCUT2D eigenvalue weighted by atomic mass is 10.1. The zero-order chi connectivity index (χ0) is 65.6. The van der Waals surface area contributed by atoms with E-state index in [4.69, 9.17) is 37.3 Å². The maximum Gasteiger partial charge on any atom is 0.330 e. The number of ether oxygens (including phenoxy) is 7. The number of H-pyrrole nitrogens is 4. The van der Waals surface area contributed by atoms with Crippen molar-refractivity contribution in [1.29, 1.82) is 0 Å². The van der Waals surface area contributed by atoms with E-state index in [0.717, 1.165) is 5.56 Å². The number of hydrogen-bond acceptors (Lipinski definition) is 25. The van der Waals surface area contributed by atoms with Gasteiger partial charge in [0.25, 0.3) is 32.4 Å². The second-order valence-electron chi connectivity index (χ2n) is 23.3. The van der Waals surface area contributed by atoms with Gasteiger partial charge in [0.15, 0.2) is 0 Å². The third-order valence-electron chi connectivity index (χ3n) is 16.5. The van der Waals surface area contributed by atoms with Gasteiger partial charge in [-0.25, -0.2) is 33.2 Å². The molecule has 0 radical (unpaired) electrons. The fraction of sp³-hybridized carbons (Fsp3) is 0.500. The lowest BCUT2D eigenvalue weighted by Crippen LogP contribution is -2.33. The molecule has 12 rings (SSSR count). The zero-order valence-electron chi connectivity index (χ0n) is 50.6. The van der Waals surface area contributed by atoms with Crippen LogP contribution in [0.15, 0.2) is 111 Å². The van der Waals surface area contributed by atoms with Crippen molar-refractivity contribution in [2.75, 3.05) is 6.61 Å². The van der Waals surface area contributed by atoms with E-state index in [2.05, 4.69) is 50.9 Å². The summed E-state index contributed by atoms with van der Waals surface area (Å²) >= 11 is 0. The second-order valence-corrected chi connectivity index (χ2v) is 25.0. The first-order chi connectivity index (χ1) is 44.5. The van der Waals surface area contributed by atoms with Crippen molar-refractivity contribution in [3.8, 4) is 0 Å². The predicted octanol–water partition coefficient (Wildman–Crippen LogP) is -1.82. The normalized spacial score (nSPS) is 24.8. The van der Waals surface area contributed by atoms with Crippen molar-refractivity contribution in [2.24, 2.45) is 0 Å². The molecule has 4 aliphatic heterocycles. The third kappa shape index (κ3) is 14.3. The fourth-order valence-corrected chi connectivity index (χ4v) is 12.3. The van der Waals surface area contributed by atoms with E-state index in [1.54, 1.807) is 51.5 Å². The largest absolute Gasteiger partial charge is 0.390 e. The van der Waals surface area contributed by atoms with Crippen LogP contribution < -0.4 is 45.0 Å². The molecule has 37 heteroatoms. The van der Waals surface area contributed by atoms with Gasteiger partial charge in [-0.05, 0) is 46.8 Å². The molecule has 494 valence electrons. The van der Waals surface area contributed by atoms with Crippen LogP contribution in [0.3, 0.4) is 0 Å². The number of nitrogens with one attached hydrogen (secondary N) is 4. The molecule has 0 amide bonds. The van der Waals surface area contributed by atoms with Crippen LogP contribution in [0.1, 0.15) is 95.5 Å². The Kier molecular flexibility index (Phi) is 18.3. The Morgan fingerprint density at radius 3 is 1.16 bits per heavy atom. The molecule has 0 unspecified atom stereocenters. The van der Waals surface area contributed by atoms with Gasteiger partial charge in [0, 0.05) is 72.7 Å². The van der Waals surface area contributed by atoms with Crippen molar-refractivity contribution in [3.05, 3.63) is 196 Å². The monoisotopic (exact) mass is 1310 g/mol. The molecular weight excluding hydrogens is 1250 g/mol. The van der Waals surface area contributed by atoms with Crippen molar-refractivity contribution < 1.29 is 50.9 Å². The van der Waals surface area contributed by atoms with Crippen molar-refractivity contribution in [2.45, 2.75) is 178 Å². The molecule has 11 heterocycles. The molecule has 0 aliphatic carbocycles. The van der Waals surface area contributed by atoms with Crippen molar-refractivity contribution in [3.63, 3.8) is 0 Å². The molecule has 5 N–H and O–H groups in total. The topological polar surface area (TPSA) is 440 Å². The van der Waals surface area contributed by atoms with Crippen LogP contribution in [-0.2, 0) is 86.9 Å². The van der Waals surface area contributed by atoms with Crippen molar-refractivity contribution in [1.82, 2.24) is 83.2 Å². The minimum atomic E-state index is -4.24. The molecule has 1 aromatic carbocycles. The second kappa shape index (κ2) is 26.5. The highest BCUT2D eigenvalue weighted by molar-refractivity contribution is 7.86. The number of aliphatic hydroxyl groups is 1. The SMILES string of the molecule is Cc1ccc(S(=O)(=O)OC[C@H]2O[C@@H](n3cc(C)c(=O)[nH]c3=O)C[C@@H]2OCc2cn(C[C@H]3O[C@@H](n4cc(C)c(=O)[nH]c4=O)C[C@@H]3OCc3cn(C[C@H]4O[C@@H](n5cc(C)c(=O)[nH]c5=O)C[C@@H]4OCc4cn(C[C@H]5O[C@@H](n6cc(C)c(=O)[nH]c6=O)C[C@@H]5O)nn4)nn3)nn2)cc1. The smallest absolute Gasteiger partial charge is 0.330 e. The van der Waals surface area contributed by atoms with Gasteiger partial charge >= 0.3 is 22.8 Å². The summed E-state index contributed by atoms with van der Waals surface area (Å²) in [6.45, 7) is 7.33. The van der Waals surface area contributed by atoms with E-state index in [0.29, 0.717) is 22.6 Å². The molecule has 12 atom stereocenters. The molecule has 4 saturated heterocycles. The molecule has 4 fully saturated rings. The number of benzene rings is 1. The molecule has 4 aliphatic rings. The summed E-state index contributed by atoms with van der Waals surface area (Å²) in [6, 6.07) is 6.10. The number of aliphatic hydroxyl groups excluding tert-OH is 1. The summed E-state index contributed by atoms with van der Waals surface area (Å²) < 4.78 is 85.6. The predicted molar refractivity (Wildman–Crippen MR) is 314 cm³/mol. The highest BCUT2D eigenvalue weighted by Crippen LogP contribution is 2.35. The Bertz CT molecular complexity index is 4680. The quantitative estimate of drug-likeness (QED) is 0.0440. The first kappa shape index (κ1) is 64.1. The zero-order valence-corrected chi connectivity index (χ0v) is 51.4. The van der Waals surface area contributed by atoms with Gasteiger partial charge in [0.2, 0.25) is 0 Å². The Labute approximate surface area is 523 Å². The molecule has 7 aromatic heterocycles. The van der Waals surface area contributed by atoms with E-state index < -0.39 is 135 Å². The van der Waals surface area contributed by atoms with Crippen LogP contribution in [0.4, 0.5) is 0 Å². The van der Waals surface area contributed by atoms with E-state index >= 15 is 0 Å². The lowest BCUT2D eigenvalue weighted by molar-refractivity contribution is -0.0610. The number of aromatic nitrogens is 17. The van der Waals surface area contributed by atoms with E-state index in [9.17, 15) is 51.9 Å². The number of hydrogen-bond donors (Lipinski definition) is 5.